The van der Waals surface area contributed by atoms with Crippen LogP contribution in [0.3, 0.4) is 0 Å². The number of phenolic OH excluding ortho intramolecular Hbond substituents is 1. The Morgan fingerprint density at radius 2 is 1.90 bits per heavy atom. The molecule has 0 heterocycles. The molecule has 0 fully saturated rings. The molecule has 4 nitrogen and oxygen atoms in total. The summed E-state index contributed by atoms with van der Waals surface area (Å²) in [5.74, 6) is -0.941. The second-order valence-corrected chi connectivity index (χ2v) is 6.26. The first kappa shape index (κ1) is 14.6. The number of halogens is 2. The summed E-state index contributed by atoms with van der Waals surface area (Å²) in [4.78, 5) is -0.390. The number of aryl methyl sites for hydroxylation is 1. The Morgan fingerprint density at radius 1 is 1.20 bits per heavy atom. The van der Waals surface area contributed by atoms with Gasteiger partial charge in [-0.1, -0.05) is 17.7 Å². The van der Waals surface area contributed by atoms with Gasteiger partial charge in [-0.25, -0.2) is 12.8 Å². The standard InChI is InChI=1S/C13H11ClFNO3S/c1-8-2-5-11(12(17)6-8)16-20(18,19)13-7-9(15)3-4-10(13)14/h2-7,16-17H,1H3. The van der Waals surface area contributed by atoms with Crippen LogP contribution in [0.5, 0.6) is 5.75 Å². The average molecular weight is 316 g/mol. The van der Waals surface area contributed by atoms with Gasteiger partial charge in [0.1, 0.15) is 16.5 Å². The van der Waals surface area contributed by atoms with E-state index < -0.39 is 15.8 Å². The van der Waals surface area contributed by atoms with E-state index in [2.05, 4.69) is 4.72 Å². The van der Waals surface area contributed by atoms with Crippen LogP contribution in [-0.2, 0) is 10.0 Å². The minimum atomic E-state index is -4.08. The van der Waals surface area contributed by atoms with Crippen LogP contribution < -0.4 is 4.72 Å². The molecule has 20 heavy (non-hydrogen) atoms. The average Bonchev–Trinajstić information content (AvgIpc) is 2.35. The monoisotopic (exact) mass is 315 g/mol. The summed E-state index contributed by atoms with van der Waals surface area (Å²) in [7, 11) is -4.08. The van der Waals surface area contributed by atoms with Gasteiger partial charge in [-0.05, 0) is 42.8 Å². The summed E-state index contributed by atoms with van der Waals surface area (Å²) in [5, 5.41) is 9.59. The highest BCUT2D eigenvalue weighted by atomic mass is 35.5. The fraction of sp³-hybridized carbons (Fsp3) is 0.0769. The van der Waals surface area contributed by atoms with Crippen molar-refractivity contribution in [1.82, 2.24) is 0 Å². The van der Waals surface area contributed by atoms with Crippen LogP contribution in [0.2, 0.25) is 5.02 Å². The van der Waals surface area contributed by atoms with Crippen molar-refractivity contribution in [2.24, 2.45) is 0 Å². The topological polar surface area (TPSA) is 66.4 Å². The van der Waals surface area contributed by atoms with Gasteiger partial charge in [0.2, 0.25) is 0 Å². The van der Waals surface area contributed by atoms with Crippen LogP contribution in [-0.4, -0.2) is 13.5 Å². The van der Waals surface area contributed by atoms with E-state index >= 15 is 0 Å². The van der Waals surface area contributed by atoms with Crippen LogP contribution >= 0.6 is 11.6 Å². The van der Waals surface area contributed by atoms with Gasteiger partial charge in [-0.3, -0.25) is 4.72 Å². The second kappa shape index (κ2) is 5.30. The predicted molar refractivity (Wildman–Crippen MR) is 75.1 cm³/mol. The minimum absolute atomic E-state index is 0.00377. The molecule has 0 aliphatic heterocycles. The van der Waals surface area contributed by atoms with Gasteiger partial charge in [-0.15, -0.1) is 0 Å². The molecule has 0 aliphatic rings. The van der Waals surface area contributed by atoms with E-state index in [1.165, 1.54) is 12.1 Å². The lowest BCUT2D eigenvalue weighted by molar-refractivity contribution is 0.477. The highest BCUT2D eigenvalue weighted by Gasteiger charge is 2.20. The Labute approximate surface area is 120 Å². The summed E-state index contributed by atoms with van der Waals surface area (Å²) in [6.45, 7) is 1.75. The van der Waals surface area contributed by atoms with E-state index in [0.717, 1.165) is 23.8 Å². The van der Waals surface area contributed by atoms with Crippen molar-refractivity contribution < 1.29 is 17.9 Å². The molecular weight excluding hydrogens is 305 g/mol. The molecule has 2 aromatic rings. The quantitative estimate of drug-likeness (QED) is 0.854. The van der Waals surface area contributed by atoms with Gasteiger partial charge in [0.15, 0.2) is 0 Å². The van der Waals surface area contributed by atoms with Crippen LogP contribution in [0.15, 0.2) is 41.3 Å². The molecule has 0 aliphatic carbocycles. The molecule has 0 bridgehead atoms. The first-order chi connectivity index (χ1) is 9.29. The molecule has 0 aromatic heterocycles. The maximum absolute atomic E-state index is 13.1. The zero-order chi connectivity index (χ0) is 14.9. The summed E-state index contributed by atoms with van der Waals surface area (Å²) in [6.07, 6.45) is 0. The van der Waals surface area contributed by atoms with Crippen molar-refractivity contribution in [1.29, 1.82) is 0 Å². The Morgan fingerprint density at radius 3 is 2.55 bits per heavy atom. The van der Waals surface area contributed by atoms with Gasteiger partial charge in [0.25, 0.3) is 10.0 Å². The van der Waals surface area contributed by atoms with E-state index in [1.54, 1.807) is 13.0 Å². The molecule has 2 aromatic carbocycles. The third kappa shape index (κ3) is 3.02. The van der Waals surface area contributed by atoms with Gasteiger partial charge in [0, 0.05) is 0 Å². The predicted octanol–water partition coefficient (Wildman–Crippen LogP) is 3.29. The molecule has 2 N–H and O–H groups in total. The van der Waals surface area contributed by atoms with Crippen molar-refractivity contribution in [3.8, 4) is 5.75 Å². The van der Waals surface area contributed by atoms with Crippen molar-refractivity contribution in [3.63, 3.8) is 0 Å². The molecule has 0 radical (unpaired) electrons. The lowest BCUT2D eigenvalue weighted by atomic mass is 10.2. The van der Waals surface area contributed by atoms with Crippen molar-refractivity contribution in [3.05, 3.63) is 52.8 Å². The van der Waals surface area contributed by atoms with Crippen molar-refractivity contribution >= 4 is 27.3 Å². The Bertz CT molecular complexity index is 762. The van der Waals surface area contributed by atoms with Crippen LogP contribution in [0.1, 0.15) is 5.56 Å². The first-order valence-corrected chi connectivity index (χ1v) is 7.43. The molecule has 2 rings (SSSR count). The highest BCUT2D eigenvalue weighted by Crippen LogP contribution is 2.29. The Balaban J connectivity index is 2.43. The van der Waals surface area contributed by atoms with Crippen molar-refractivity contribution in [2.75, 3.05) is 4.72 Å². The summed E-state index contributed by atoms with van der Waals surface area (Å²) in [5.41, 5.74) is 0.769. The lowest BCUT2D eigenvalue weighted by Gasteiger charge is -2.11. The number of hydrogen-bond donors (Lipinski definition) is 2. The molecule has 7 heteroatoms. The number of sulfonamides is 1. The third-order valence-electron chi connectivity index (χ3n) is 2.58. The maximum atomic E-state index is 13.1. The molecule has 0 atom stereocenters. The Hall–Kier alpha value is -1.79. The van der Waals surface area contributed by atoms with Crippen molar-refractivity contribution in [2.45, 2.75) is 11.8 Å². The number of nitrogens with one attached hydrogen (secondary N) is 1. The van der Waals surface area contributed by atoms with E-state index in [9.17, 15) is 17.9 Å². The SMILES string of the molecule is Cc1ccc(NS(=O)(=O)c2cc(F)ccc2Cl)c(O)c1. The number of rotatable bonds is 3. The maximum Gasteiger partial charge on any atom is 0.263 e. The normalized spacial score (nSPS) is 11.3. The molecule has 0 amide bonds. The minimum Gasteiger partial charge on any atom is -0.506 e. The van der Waals surface area contributed by atoms with Crippen LogP contribution in [0, 0.1) is 12.7 Å². The summed E-state index contributed by atoms with van der Waals surface area (Å²) < 4.78 is 39.6. The molecule has 106 valence electrons. The van der Waals surface area contributed by atoms with E-state index in [-0.39, 0.29) is 21.4 Å². The third-order valence-corrected chi connectivity index (χ3v) is 4.43. The molecule has 0 saturated carbocycles. The number of phenols is 1. The number of benzene rings is 2. The fourth-order valence-corrected chi connectivity index (χ4v) is 3.20. The molecule has 0 saturated heterocycles. The van der Waals surface area contributed by atoms with E-state index in [4.69, 9.17) is 11.6 Å². The van der Waals surface area contributed by atoms with Gasteiger partial charge < -0.3 is 5.11 Å². The van der Waals surface area contributed by atoms with Gasteiger partial charge in [-0.2, -0.15) is 0 Å². The Kier molecular flexibility index (Phi) is 3.87. The highest BCUT2D eigenvalue weighted by molar-refractivity contribution is 7.92. The van der Waals surface area contributed by atoms with Crippen LogP contribution in [0.25, 0.3) is 0 Å². The number of aromatic hydroxyl groups is 1. The fourth-order valence-electron chi connectivity index (χ4n) is 1.61. The molecule has 0 spiro atoms. The summed E-state index contributed by atoms with van der Waals surface area (Å²) in [6, 6.07) is 7.48. The smallest absolute Gasteiger partial charge is 0.263 e. The zero-order valence-electron chi connectivity index (χ0n) is 10.4. The van der Waals surface area contributed by atoms with E-state index in [0.29, 0.717) is 0 Å². The summed E-state index contributed by atoms with van der Waals surface area (Å²) >= 11 is 5.76. The van der Waals surface area contributed by atoms with E-state index in [1.807, 2.05) is 0 Å². The largest absolute Gasteiger partial charge is 0.506 e. The van der Waals surface area contributed by atoms with Crippen LogP contribution in [0.4, 0.5) is 10.1 Å². The van der Waals surface area contributed by atoms with Gasteiger partial charge in [0.05, 0.1) is 10.7 Å². The lowest BCUT2D eigenvalue weighted by Crippen LogP contribution is -2.14. The van der Waals surface area contributed by atoms with Gasteiger partial charge >= 0.3 is 0 Å². The first-order valence-electron chi connectivity index (χ1n) is 5.57. The molecular formula is C13H11ClFNO3S. The zero-order valence-corrected chi connectivity index (χ0v) is 12.0. The second-order valence-electron chi connectivity index (χ2n) is 4.20. The molecule has 0 unspecified atom stereocenters. The number of hydrogen-bond acceptors (Lipinski definition) is 3. The number of anilines is 1.